The van der Waals surface area contributed by atoms with Crippen molar-refractivity contribution in [1.82, 2.24) is 19.7 Å². The maximum Gasteiger partial charge on any atom is 0.173 e. The van der Waals surface area contributed by atoms with E-state index >= 15 is 0 Å². The Morgan fingerprint density at radius 2 is 1.81 bits per heavy atom. The first kappa shape index (κ1) is 32.8. The number of pyridine rings is 2. The Labute approximate surface area is 221 Å². The summed E-state index contributed by atoms with van der Waals surface area (Å²) in [6, 6.07) is 5.35. The molecule has 0 amide bonds. The Balaban J connectivity index is 0.00000169. The summed E-state index contributed by atoms with van der Waals surface area (Å²) < 4.78 is 7.24. The largest absolute Gasteiger partial charge is 0.492 e. The molecular weight excluding hydrogens is 466 g/mol. The van der Waals surface area contributed by atoms with E-state index in [4.69, 9.17) is 16.6 Å². The molecule has 3 aromatic rings. The molecule has 0 radical (unpaired) electrons. The maximum absolute atomic E-state index is 12.5. The van der Waals surface area contributed by atoms with Gasteiger partial charge >= 0.3 is 0 Å². The lowest BCUT2D eigenvalue weighted by Crippen LogP contribution is -2.08. The van der Waals surface area contributed by atoms with Crippen molar-refractivity contribution >= 4 is 34.6 Å². The molecular formula is C28H41N7O2. The fraction of sp³-hybridized carbons (Fsp3) is 0.393. The number of Topliss-reactive ketones (excluding diaryl/α,β-unsaturated/α-hetero) is 1. The van der Waals surface area contributed by atoms with E-state index in [1.807, 2.05) is 40.8 Å². The maximum atomic E-state index is 12.5. The zero-order valence-corrected chi connectivity index (χ0v) is 22.5. The smallest absolute Gasteiger partial charge is 0.173 e. The number of carbonyl (C=O) groups excluding carboxylic acids is 1. The van der Waals surface area contributed by atoms with E-state index in [1.54, 1.807) is 36.9 Å². The molecule has 3 aromatic heterocycles. The van der Waals surface area contributed by atoms with Crippen molar-refractivity contribution in [1.29, 1.82) is 5.41 Å². The van der Waals surface area contributed by atoms with E-state index in [0.717, 1.165) is 12.1 Å². The van der Waals surface area contributed by atoms with Crippen LogP contribution in [0.3, 0.4) is 0 Å². The summed E-state index contributed by atoms with van der Waals surface area (Å²) in [5.74, 6) is 4.41. The van der Waals surface area contributed by atoms with Crippen LogP contribution in [0.25, 0.3) is 0 Å². The fourth-order valence-corrected chi connectivity index (χ4v) is 2.96. The minimum atomic E-state index is -0.0522. The third kappa shape index (κ3) is 9.08. The average Bonchev–Trinajstić information content (AvgIpc) is 3.20. The van der Waals surface area contributed by atoms with Gasteiger partial charge in [0.1, 0.15) is 5.82 Å². The van der Waals surface area contributed by atoms with Gasteiger partial charge in [0.15, 0.2) is 23.2 Å². The molecule has 0 spiro atoms. The van der Waals surface area contributed by atoms with Crippen molar-refractivity contribution in [2.24, 2.45) is 7.05 Å². The number of anilines is 4. The van der Waals surface area contributed by atoms with Crippen LogP contribution >= 0.6 is 0 Å². The molecule has 0 atom stereocenters. The van der Waals surface area contributed by atoms with Gasteiger partial charge in [-0.15, -0.1) is 12.3 Å². The molecule has 3 N–H and O–H groups in total. The fourth-order valence-electron chi connectivity index (χ4n) is 2.96. The van der Waals surface area contributed by atoms with Gasteiger partial charge in [-0.1, -0.05) is 35.1 Å². The lowest BCUT2D eigenvalue weighted by molar-refractivity contribution is 0.0988. The zero-order chi connectivity index (χ0) is 27.3. The number of ether oxygens (including phenoxy) is 1. The summed E-state index contributed by atoms with van der Waals surface area (Å²) in [6.45, 7) is 11.4. The van der Waals surface area contributed by atoms with E-state index < -0.39 is 0 Å². The highest BCUT2D eigenvalue weighted by Crippen LogP contribution is 2.32. The van der Waals surface area contributed by atoms with Crippen molar-refractivity contribution in [3.8, 4) is 18.1 Å². The van der Waals surface area contributed by atoms with Crippen LogP contribution in [0.1, 0.15) is 76.5 Å². The van der Waals surface area contributed by atoms with Gasteiger partial charge in [0, 0.05) is 61.4 Å². The SMILES string of the molecule is C.C#CCC.CC.CCC(=O)c1cnc(Nc2cc(C)n(C)n2)cc1Nc1nccc(C(C)=N)c1OC. The molecule has 200 valence electrons. The van der Waals surface area contributed by atoms with Crippen LogP contribution in [-0.4, -0.2) is 38.4 Å². The number of rotatable bonds is 8. The van der Waals surface area contributed by atoms with E-state index in [-0.39, 0.29) is 13.2 Å². The van der Waals surface area contributed by atoms with Crippen molar-refractivity contribution in [2.75, 3.05) is 17.7 Å². The minimum absolute atomic E-state index is 0. The summed E-state index contributed by atoms with van der Waals surface area (Å²) in [7, 11) is 3.38. The second kappa shape index (κ2) is 16.5. The van der Waals surface area contributed by atoms with Crippen molar-refractivity contribution in [3.05, 3.63) is 47.4 Å². The second-order valence-corrected chi connectivity index (χ2v) is 7.36. The Morgan fingerprint density at radius 3 is 2.30 bits per heavy atom. The van der Waals surface area contributed by atoms with Gasteiger partial charge in [-0.3, -0.25) is 9.48 Å². The zero-order valence-electron chi connectivity index (χ0n) is 22.5. The second-order valence-electron chi connectivity index (χ2n) is 7.36. The Hall–Kier alpha value is -4.19. The summed E-state index contributed by atoms with van der Waals surface area (Å²) in [5.41, 5.74) is 2.96. The Morgan fingerprint density at radius 1 is 1.16 bits per heavy atom. The number of methoxy groups -OCH3 is 1. The van der Waals surface area contributed by atoms with Crippen LogP contribution < -0.4 is 15.4 Å². The summed E-state index contributed by atoms with van der Waals surface area (Å²) >= 11 is 0. The van der Waals surface area contributed by atoms with Crippen LogP contribution in [-0.2, 0) is 7.05 Å². The van der Waals surface area contributed by atoms with Crippen LogP contribution in [0.15, 0.2) is 30.6 Å². The first-order chi connectivity index (χ1) is 17.2. The van der Waals surface area contributed by atoms with Crippen LogP contribution in [0, 0.1) is 24.7 Å². The minimum Gasteiger partial charge on any atom is -0.492 e. The van der Waals surface area contributed by atoms with E-state index in [9.17, 15) is 4.79 Å². The highest BCUT2D eigenvalue weighted by atomic mass is 16.5. The lowest BCUT2D eigenvalue weighted by Gasteiger charge is -2.16. The highest BCUT2D eigenvalue weighted by Gasteiger charge is 2.17. The third-order valence-corrected chi connectivity index (χ3v) is 4.87. The van der Waals surface area contributed by atoms with E-state index in [2.05, 4.69) is 31.6 Å². The normalized spacial score (nSPS) is 9.27. The van der Waals surface area contributed by atoms with Crippen LogP contribution in [0.4, 0.5) is 23.1 Å². The van der Waals surface area contributed by atoms with Gasteiger partial charge in [0.05, 0.1) is 18.4 Å². The molecule has 0 unspecified atom stereocenters. The van der Waals surface area contributed by atoms with Gasteiger partial charge in [0.25, 0.3) is 0 Å². The molecule has 37 heavy (non-hydrogen) atoms. The van der Waals surface area contributed by atoms with Gasteiger partial charge in [-0.2, -0.15) is 5.10 Å². The van der Waals surface area contributed by atoms with Crippen molar-refractivity contribution in [3.63, 3.8) is 0 Å². The molecule has 0 aliphatic heterocycles. The number of nitrogens with zero attached hydrogens (tertiary/aromatic N) is 4. The quantitative estimate of drug-likeness (QED) is 0.177. The molecule has 0 aliphatic carbocycles. The third-order valence-electron chi connectivity index (χ3n) is 4.87. The summed E-state index contributed by atoms with van der Waals surface area (Å²) in [4.78, 5) is 21.2. The van der Waals surface area contributed by atoms with Crippen molar-refractivity contribution < 1.29 is 9.53 Å². The molecule has 3 rings (SSSR count). The van der Waals surface area contributed by atoms with Gasteiger partial charge in [-0.25, -0.2) is 9.97 Å². The number of ketones is 1. The molecule has 3 heterocycles. The standard InChI is InChI=1S/C21H25N7O2.C4H6.C2H6.CH4/c1-6-17(29)15-11-24-18(26-19-9-12(2)28(4)27-19)10-16(15)25-21-20(30-5)14(13(3)22)7-8-23-21;1-3-4-2;1-2;/h7-11,22H,6H2,1-5H3,(H2,23,24,25,26,27);1H,4H2,2H3;1-2H3;1H4. The first-order valence-corrected chi connectivity index (χ1v) is 11.8. The predicted molar refractivity (Wildman–Crippen MR) is 154 cm³/mol. The number of terminal acetylenes is 1. The number of hydrogen-bond acceptors (Lipinski definition) is 8. The predicted octanol–water partition coefficient (Wildman–Crippen LogP) is 6.69. The number of hydrogen-bond donors (Lipinski definition) is 3. The molecule has 9 heteroatoms. The van der Waals surface area contributed by atoms with Crippen LogP contribution in [0.5, 0.6) is 5.75 Å². The summed E-state index contributed by atoms with van der Waals surface area (Å²) in [6.07, 6.45) is 9.09. The lowest BCUT2D eigenvalue weighted by atomic mass is 10.1. The molecule has 0 saturated heterocycles. The molecule has 9 nitrogen and oxygen atoms in total. The molecule has 0 aromatic carbocycles. The van der Waals surface area contributed by atoms with Crippen LogP contribution in [0.2, 0.25) is 0 Å². The number of aryl methyl sites for hydroxylation is 2. The average molecular weight is 508 g/mol. The van der Waals surface area contributed by atoms with Gasteiger partial charge < -0.3 is 20.8 Å². The summed E-state index contributed by atoms with van der Waals surface area (Å²) in [5, 5.41) is 18.7. The van der Waals surface area contributed by atoms with Gasteiger partial charge in [0.2, 0.25) is 0 Å². The monoisotopic (exact) mass is 507 g/mol. The number of nitrogens with one attached hydrogen (secondary N) is 3. The topological polar surface area (TPSA) is 118 Å². The first-order valence-electron chi connectivity index (χ1n) is 11.8. The van der Waals surface area contributed by atoms with E-state index in [1.165, 1.54) is 13.3 Å². The number of aromatic nitrogens is 4. The van der Waals surface area contributed by atoms with Crippen molar-refractivity contribution in [2.45, 2.75) is 61.8 Å². The Bertz CT molecular complexity index is 1190. The Kier molecular flexibility index (Phi) is 14.6. The molecule has 0 aliphatic rings. The van der Waals surface area contributed by atoms with E-state index in [0.29, 0.717) is 52.1 Å². The van der Waals surface area contributed by atoms with Gasteiger partial charge in [-0.05, 0) is 19.9 Å². The molecule has 0 saturated carbocycles. The number of carbonyl (C=O) groups is 1. The molecule has 0 fully saturated rings. The highest BCUT2D eigenvalue weighted by molar-refractivity contribution is 6.03. The molecule has 0 bridgehead atoms.